The van der Waals surface area contributed by atoms with Gasteiger partial charge >= 0.3 is 11.7 Å². The fourth-order valence-electron chi connectivity index (χ4n) is 4.92. The third-order valence-electron chi connectivity index (χ3n) is 7.19. The average Bonchev–Trinajstić information content (AvgIpc) is 3.35. The van der Waals surface area contributed by atoms with E-state index in [2.05, 4.69) is 26.1 Å². The summed E-state index contributed by atoms with van der Waals surface area (Å²) in [6, 6.07) is 14.4. The summed E-state index contributed by atoms with van der Waals surface area (Å²) in [6.45, 7) is 2.99. The Morgan fingerprint density at radius 2 is 1.61 bits per heavy atom. The minimum atomic E-state index is -0.436. The number of benzene rings is 2. The third-order valence-corrected chi connectivity index (χ3v) is 7.72. The molecule has 3 heterocycles. The summed E-state index contributed by atoms with van der Waals surface area (Å²) < 4.78 is 10.0. The summed E-state index contributed by atoms with van der Waals surface area (Å²) in [6.07, 6.45) is 0. The lowest BCUT2D eigenvalue weighted by Gasteiger charge is -2.35. The van der Waals surface area contributed by atoms with Crippen LogP contribution in [-0.4, -0.2) is 75.3 Å². The zero-order chi connectivity index (χ0) is 29.3. The van der Waals surface area contributed by atoms with Crippen LogP contribution in [-0.2, 0) is 30.2 Å². The molecule has 41 heavy (non-hydrogen) atoms. The number of aryl methyl sites for hydroxylation is 1. The molecule has 1 fully saturated rings. The third kappa shape index (κ3) is 5.81. The first-order valence-corrected chi connectivity index (χ1v) is 13.8. The summed E-state index contributed by atoms with van der Waals surface area (Å²) in [4.78, 5) is 59.1. The van der Waals surface area contributed by atoms with Gasteiger partial charge in [0.25, 0.3) is 5.56 Å². The molecule has 0 unspecified atom stereocenters. The molecule has 4 aromatic rings. The van der Waals surface area contributed by atoms with E-state index in [9.17, 15) is 19.2 Å². The number of amides is 1. The van der Waals surface area contributed by atoms with Gasteiger partial charge in [0.2, 0.25) is 11.9 Å². The standard InChI is InChI=1S/C28H30BrN7O5/c1-32-24-23(25(38)33(2)28(32)40)36(16-18-4-8-20(29)9-5-18)27(31-24)35-14-12-34(13-15-35)17-22(37)30-21-10-6-19(7-11-21)26(39)41-3/h4-11H,12-17H2,1-3H3,(H,30,37). The number of halogens is 1. The molecule has 1 aliphatic rings. The highest BCUT2D eigenvalue weighted by molar-refractivity contribution is 9.10. The normalized spacial score (nSPS) is 13.9. The number of carbonyl (C=O) groups excluding carboxylic acids is 2. The van der Waals surface area contributed by atoms with Gasteiger partial charge in [-0.05, 0) is 42.0 Å². The van der Waals surface area contributed by atoms with Crippen molar-refractivity contribution in [3.05, 3.63) is 85.0 Å². The Morgan fingerprint density at radius 3 is 2.24 bits per heavy atom. The minimum absolute atomic E-state index is 0.162. The molecule has 2 aromatic heterocycles. The molecule has 5 rings (SSSR count). The molecule has 0 bridgehead atoms. The molecule has 2 aromatic carbocycles. The van der Waals surface area contributed by atoms with E-state index in [1.54, 1.807) is 31.3 Å². The quantitative estimate of drug-likeness (QED) is 0.309. The van der Waals surface area contributed by atoms with Gasteiger partial charge in [-0.3, -0.25) is 28.2 Å². The molecule has 12 nitrogen and oxygen atoms in total. The largest absolute Gasteiger partial charge is 0.465 e. The van der Waals surface area contributed by atoms with Crippen molar-refractivity contribution in [1.82, 2.24) is 23.6 Å². The molecular weight excluding hydrogens is 594 g/mol. The second-order valence-corrected chi connectivity index (χ2v) is 10.8. The second kappa shape index (κ2) is 11.7. The average molecular weight is 624 g/mol. The number of nitrogens with zero attached hydrogens (tertiary/aromatic N) is 6. The molecule has 1 saturated heterocycles. The lowest BCUT2D eigenvalue weighted by Crippen LogP contribution is -2.49. The summed E-state index contributed by atoms with van der Waals surface area (Å²) in [5.41, 5.74) is 1.87. The Hall–Kier alpha value is -4.23. The number of nitrogens with one attached hydrogen (secondary N) is 1. The highest BCUT2D eigenvalue weighted by Crippen LogP contribution is 2.23. The fraction of sp³-hybridized carbons (Fsp3) is 0.321. The molecule has 13 heteroatoms. The number of hydrogen-bond donors (Lipinski definition) is 1. The number of methoxy groups -OCH3 is 1. The number of imidazole rings is 1. The van der Waals surface area contributed by atoms with Gasteiger partial charge in [0.05, 0.1) is 25.8 Å². The van der Waals surface area contributed by atoms with Gasteiger partial charge in [0.15, 0.2) is 11.2 Å². The molecule has 0 saturated carbocycles. The van der Waals surface area contributed by atoms with Crippen LogP contribution in [0.5, 0.6) is 0 Å². The Bertz CT molecular complexity index is 1720. The van der Waals surface area contributed by atoms with Crippen LogP contribution in [0.25, 0.3) is 11.2 Å². The Balaban J connectivity index is 1.33. The summed E-state index contributed by atoms with van der Waals surface area (Å²) in [5.74, 6) is 0.00922. The Labute approximate surface area is 243 Å². The van der Waals surface area contributed by atoms with Crippen LogP contribution in [0.3, 0.4) is 0 Å². The lowest BCUT2D eigenvalue weighted by molar-refractivity contribution is -0.117. The van der Waals surface area contributed by atoms with Crippen LogP contribution in [0.4, 0.5) is 11.6 Å². The lowest BCUT2D eigenvalue weighted by atomic mass is 10.2. The van der Waals surface area contributed by atoms with Gasteiger partial charge in [-0.25, -0.2) is 9.59 Å². The van der Waals surface area contributed by atoms with Crippen molar-refractivity contribution in [2.45, 2.75) is 6.54 Å². The van der Waals surface area contributed by atoms with Crippen molar-refractivity contribution in [1.29, 1.82) is 0 Å². The number of fused-ring (bicyclic) bond motifs is 1. The van der Waals surface area contributed by atoms with Gasteiger partial charge < -0.3 is 15.0 Å². The first-order chi connectivity index (χ1) is 19.7. The van der Waals surface area contributed by atoms with Crippen molar-refractivity contribution < 1.29 is 14.3 Å². The maximum absolute atomic E-state index is 13.2. The SMILES string of the molecule is COC(=O)c1ccc(NC(=O)CN2CCN(c3nc4c(c(=O)n(C)c(=O)n4C)n3Cc3ccc(Br)cc3)CC2)cc1. The Morgan fingerprint density at radius 1 is 0.951 bits per heavy atom. The van der Waals surface area contributed by atoms with Crippen molar-refractivity contribution >= 4 is 50.6 Å². The summed E-state index contributed by atoms with van der Waals surface area (Å²) in [5, 5.41) is 2.86. The van der Waals surface area contributed by atoms with E-state index < -0.39 is 17.2 Å². The van der Waals surface area contributed by atoms with Gasteiger partial charge in [-0.2, -0.15) is 4.98 Å². The smallest absolute Gasteiger partial charge is 0.337 e. The van der Waals surface area contributed by atoms with Crippen LogP contribution in [0.15, 0.2) is 62.6 Å². The predicted octanol–water partition coefficient (Wildman–Crippen LogP) is 1.79. The molecule has 1 N–H and O–H groups in total. The van der Waals surface area contributed by atoms with Gasteiger partial charge in [0.1, 0.15) is 0 Å². The summed E-state index contributed by atoms with van der Waals surface area (Å²) in [7, 11) is 4.40. The van der Waals surface area contributed by atoms with Crippen LogP contribution in [0, 0.1) is 0 Å². The van der Waals surface area contributed by atoms with Crippen molar-refractivity contribution in [2.24, 2.45) is 14.1 Å². The predicted molar refractivity (Wildman–Crippen MR) is 159 cm³/mol. The molecule has 0 spiro atoms. The van der Waals surface area contributed by atoms with Crippen LogP contribution >= 0.6 is 15.9 Å². The molecule has 0 aliphatic carbocycles. The van der Waals surface area contributed by atoms with Gasteiger partial charge in [-0.1, -0.05) is 28.1 Å². The number of carbonyl (C=O) groups is 2. The van der Waals surface area contributed by atoms with E-state index in [0.717, 1.165) is 14.6 Å². The van der Waals surface area contributed by atoms with E-state index in [-0.39, 0.29) is 12.5 Å². The first-order valence-electron chi connectivity index (χ1n) is 13.0. The number of rotatable bonds is 7. The number of hydrogen-bond acceptors (Lipinski definition) is 8. The van der Waals surface area contributed by atoms with E-state index in [4.69, 9.17) is 9.72 Å². The van der Waals surface area contributed by atoms with Crippen LogP contribution < -0.4 is 21.5 Å². The Kier molecular flexibility index (Phi) is 8.08. The number of esters is 1. The highest BCUT2D eigenvalue weighted by atomic mass is 79.9. The zero-order valence-corrected chi connectivity index (χ0v) is 24.5. The van der Waals surface area contributed by atoms with E-state index in [1.807, 2.05) is 33.7 Å². The monoisotopic (exact) mass is 623 g/mol. The minimum Gasteiger partial charge on any atom is -0.465 e. The van der Waals surface area contributed by atoms with E-state index in [0.29, 0.717) is 61.1 Å². The number of anilines is 2. The van der Waals surface area contributed by atoms with Crippen LogP contribution in [0.2, 0.25) is 0 Å². The molecule has 1 amide bonds. The van der Waals surface area contributed by atoms with Crippen molar-refractivity contribution in [3.63, 3.8) is 0 Å². The first kappa shape index (κ1) is 28.3. The van der Waals surface area contributed by atoms with E-state index >= 15 is 0 Å². The van der Waals surface area contributed by atoms with Crippen LogP contribution in [0.1, 0.15) is 15.9 Å². The van der Waals surface area contributed by atoms with Gasteiger partial charge in [-0.15, -0.1) is 0 Å². The second-order valence-electron chi connectivity index (χ2n) is 9.88. The number of ether oxygens (including phenoxy) is 1. The highest BCUT2D eigenvalue weighted by Gasteiger charge is 2.26. The van der Waals surface area contributed by atoms with Crippen molar-refractivity contribution in [3.8, 4) is 0 Å². The molecule has 0 atom stereocenters. The zero-order valence-electron chi connectivity index (χ0n) is 23.0. The molecule has 0 radical (unpaired) electrons. The molecule has 1 aliphatic heterocycles. The van der Waals surface area contributed by atoms with E-state index in [1.165, 1.54) is 18.7 Å². The number of piperazine rings is 1. The fourth-order valence-corrected chi connectivity index (χ4v) is 5.18. The number of aromatic nitrogens is 4. The maximum atomic E-state index is 13.2. The van der Waals surface area contributed by atoms with Crippen molar-refractivity contribution in [2.75, 3.05) is 50.1 Å². The maximum Gasteiger partial charge on any atom is 0.337 e. The molecule has 214 valence electrons. The topological polar surface area (TPSA) is 124 Å². The van der Waals surface area contributed by atoms with Gasteiger partial charge in [0, 0.05) is 50.4 Å². The molecular formula is C28H30BrN7O5. The summed E-state index contributed by atoms with van der Waals surface area (Å²) >= 11 is 3.46.